The van der Waals surface area contributed by atoms with Gasteiger partial charge in [0.2, 0.25) is 0 Å². The van der Waals surface area contributed by atoms with Crippen molar-refractivity contribution in [3.8, 4) is 5.75 Å². The van der Waals surface area contributed by atoms with E-state index < -0.39 is 0 Å². The number of ether oxygens (including phenoxy) is 1. The van der Waals surface area contributed by atoms with Crippen molar-refractivity contribution in [2.75, 3.05) is 12.4 Å². The highest BCUT2D eigenvalue weighted by Gasteiger charge is 2.31. The molecule has 0 radical (unpaired) electrons. The quantitative estimate of drug-likeness (QED) is 0.744. The molecule has 1 aromatic carbocycles. The van der Waals surface area contributed by atoms with Gasteiger partial charge in [0.15, 0.2) is 5.11 Å². The molecule has 0 aliphatic heterocycles. The van der Waals surface area contributed by atoms with Gasteiger partial charge in [-0.3, -0.25) is 0 Å². The minimum atomic E-state index is 0.459. The van der Waals surface area contributed by atoms with Crippen LogP contribution in [0.5, 0.6) is 5.75 Å². The summed E-state index contributed by atoms with van der Waals surface area (Å²) in [6, 6.07) is 8.33. The molecule has 1 aliphatic carbocycles. The molecule has 4 heteroatoms. The monoisotopic (exact) mass is 334 g/mol. The van der Waals surface area contributed by atoms with Gasteiger partial charge < -0.3 is 15.4 Å². The molecule has 23 heavy (non-hydrogen) atoms. The zero-order valence-electron chi connectivity index (χ0n) is 14.8. The number of nitrogens with one attached hydrogen (secondary N) is 2. The summed E-state index contributed by atoms with van der Waals surface area (Å²) in [5, 5.41) is 7.42. The minimum Gasteiger partial charge on any atom is -0.495 e. The van der Waals surface area contributed by atoms with Crippen LogP contribution in [-0.4, -0.2) is 18.3 Å². The van der Waals surface area contributed by atoms with Crippen molar-refractivity contribution < 1.29 is 4.74 Å². The number of methoxy groups -OCH3 is 1. The summed E-state index contributed by atoms with van der Waals surface area (Å²) in [5.41, 5.74) is 1.37. The Hall–Kier alpha value is -1.29. The van der Waals surface area contributed by atoms with Gasteiger partial charge in [-0.2, -0.15) is 0 Å². The van der Waals surface area contributed by atoms with Gasteiger partial charge in [0.05, 0.1) is 12.8 Å². The Bertz CT molecular complexity index is 522. The fraction of sp³-hybridized carbons (Fsp3) is 0.632. The standard InChI is InChI=1S/C19H30N2OS/c1-5-19(2,3)14-10-12-15(13-11-14)20-18(23)21-16-8-6-7-9-17(16)22-4/h6-9,14-15H,5,10-13H2,1-4H3,(H2,20,21,23). The third-order valence-electron chi connectivity index (χ3n) is 5.43. The van der Waals surface area contributed by atoms with Gasteiger partial charge in [-0.15, -0.1) is 0 Å². The first kappa shape index (κ1) is 18.1. The molecular formula is C19H30N2OS. The van der Waals surface area contributed by atoms with Gasteiger partial charge in [-0.25, -0.2) is 0 Å². The third-order valence-corrected chi connectivity index (χ3v) is 5.65. The van der Waals surface area contributed by atoms with Crippen LogP contribution in [0.15, 0.2) is 24.3 Å². The van der Waals surface area contributed by atoms with Gasteiger partial charge in [0.25, 0.3) is 0 Å². The second-order valence-corrected chi connectivity index (χ2v) is 7.60. The van der Waals surface area contributed by atoms with Crippen molar-refractivity contribution in [2.24, 2.45) is 11.3 Å². The molecule has 1 fully saturated rings. The van der Waals surface area contributed by atoms with Crippen LogP contribution in [0.1, 0.15) is 52.9 Å². The van der Waals surface area contributed by atoms with Crippen LogP contribution in [-0.2, 0) is 0 Å². The third kappa shape index (κ3) is 4.84. The highest BCUT2D eigenvalue weighted by Crippen LogP contribution is 2.40. The second kappa shape index (κ2) is 8.00. The average molecular weight is 335 g/mol. The number of benzene rings is 1. The van der Waals surface area contributed by atoms with E-state index >= 15 is 0 Å². The van der Waals surface area contributed by atoms with Crippen molar-refractivity contribution in [3.05, 3.63) is 24.3 Å². The molecule has 0 unspecified atom stereocenters. The van der Waals surface area contributed by atoms with E-state index in [-0.39, 0.29) is 0 Å². The normalized spacial score (nSPS) is 21.6. The average Bonchev–Trinajstić information content (AvgIpc) is 2.55. The first-order valence-electron chi connectivity index (χ1n) is 8.66. The van der Waals surface area contributed by atoms with E-state index in [1.165, 1.54) is 32.1 Å². The minimum absolute atomic E-state index is 0.459. The van der Waals surface area contributed by atoms with E-state index in [0.717, 1.165) is 17.4 Å². The van der Waals surface area contributed by atoms with Crippen LogP contribution >= 0.6 is 12.2 Å². The number of thiocarbonyl (C=S) groups is 1. The fourth-order valence-corrected chi connectivity index (χ4v) is 3.68. The molecule has 2 rings (SSSR count). The Labute approximate surface area is 146 Å². The second-order valence-electron chi connectivity index (χ2n) is 7.19. The number of para-hydroxylation sites is 2. The summed E-state index contributed by atoms with van der Waals surface area (Å²) >= 11 is 5.47. The molecule has 0 bridgehead atoms. The summed E-state index contributed by atoms with van der Waals surface area (Å²) in [4.78, 5) is 0. The molecule has 0 amide bonds. The lowest BCUT2D eigenvalue weighted by Crippen LogP contribution is -2.41. The van der Waals surface area contributed by atoms with Crippen LogP contribution in [0, 0.1) is 11.3 Å². The fourth-order valence-electron chi connectivity index (χ4n) is 3.40. The largest absolute Gasteiger partial charge is 0.495 e. The molecule has 0 spiro atoms. The van der Waals surface area contributed by atoms with Crippen molar-refractivity contribution in [1.82, 2.24) is 5.32 Å². The van der Waals surface area contributed by atoms with Gasteiger partial charge in [-0.05, 0) is 61.4 Å². The number of anilines is 1. The van der Waals surface area contributed by atoms with Crippen molar-refractivity contribution in [2.45, 2.75) is 58.9 Å². The van der Waals surface area contributed by atoms with E-state index in [1.807, 2.05) is 24.3 Å². The zero-order valence-corrected chi connectivity index (χ0v) is 15.6. The maximum absolute atomic E-state index is 5.47. The summed E-state index contributed by atoms with van der Waals surface area (Å²) in [6.07, 6.45) is 6.22. The van der Waals surface area contributed by atoms with Crippen molar-refractivity contribution in [3.63, 3.8) is 0 Å². The molecule has 128 valence electrons. The first-order chi connectivity index (χ1) is 11.0. The molecule has 1 saturated carbocycles. The first-order valence-corrected chi connectivity index (χ1v) is 9.07. The van der Waals surface area contributed by atoms with Gasteiger partial charge in [0.1, 0.15) is 5.75 Å². The van der Waals surface area contributed by atoms with Crippen LogP contribution in [0.4, 0.5) is 5.69 Å². The SMILES string of the molecule is CCC(C)(C)C1CCC(NC(=S)Nc2ccccc2OC)CC1. The molecule has 2 N–H and O–H groups in total. The van der Waals surface area contributed by atoms with E-state index in [9.17, 15) is 0 Å². The Morgan fingerprint density at radius 2 is 1.87 bits per heavy atom. The molecule has 0 heterocycles. The molecule has 0 atom stereocenters. The van der Waals surface area contributed by atoms with Crippen LogP contribution in [0.25, 0.3) is 0 Å². The van der Waals surface area contributed by atoms with Gasteiger partial charge in [0, 0.05) is 6.04 Å². The van der Waals surface area contributed by atoms with E-state index in [0.29, 0.717) is 16.6 Å². The highest BCUT2D eigenvalue weighted by atomic mass is 32.1. The predicted molar refractivity (Wildman–Crippen MR) is 102 cm³/mol. The van der Waals surface area contributed by atoms with E-state index in [4.69, 9.17) is 17.0 Å². The predicted octanol–water partition coefficient (Wildman–Crippen LogP) is 4.98. The zero-order chi connectivity index (χ0) is 16.9. The van der Waals surface area contributed by atoms with Crippen LogP contribution in [0.3, 0.4) is 0 Å². The van der Waals surface area contributed by atoms with Crippen molar-refractivity contribution in [1.29, 1.82) is 0 Å². The molecular weight excluding hydrogens is 304 g/mol. The van der Waals surface area contributed by atoms with Gasteiger partial charge in [-0.1, -0.05) is 39.3 Å². The molecule has 1 aliphatic rings. The lowest BCUT2D eigenvalue weighted by molar-refractivity contribution is 0.141. The highest BCUT2D eigenvalue weighted by molar-refractivity contribution is 7.80. The Morgan fingerprint density at radius 3 is 2.48 bits per heavy atom. The summed E-state index contributed by atoms with van der Waals surface area (Å²) in [7, 11) is 1.67. The summed E-state index contributed by atoms with van der Waals surface area (Å²) < 4.78 is 5.35. The topological polar surface area (TPSA) is 33.3 Å². The van der Waals surface area contributed by atoms with Crippen molar-refractivity contribution >= 4 is 23.0 Å². The van der Waals surface area contributed by atoms with Crippen LogP contribution < -0.4 is 15.4 Å². The molecule has 0 saturated heterocycles. The van der Waals surface area contributed by atoms with E-state index in [2.05, 4.69) is 31.4 Å². The molecule has 3 nitrogen and oxygen atoms in total. The Kier molecular flexibility index (Phi) is 6.28. The molecule has 1 aromatic rings. The van der Waals surface area contributed by atoms with Crippen LogP contribution in [0.2, 0.25) is 0 Å². The number of hydrogen-bond donors (Lipinski definition) is 2. The lowest BCUT2D eigenvalue weighted by atomic mass is 9.69. The smallest absolute Gasteiger partial charge is 0.171 e. The van der Waals surface area contributed by atoms with Gasteiger partial charge >= 0.3 is 0 Å². The lowest BCUT2D eigenvalue weighted by Gasteiger charge is -2.39. The maximum Gasteiger partial charge on any atom is 0.171 e. The Balaban J connectivity index is 1.83. The summed E-state index contributed by atoms with van der Waals surface area (Å²) in [6.45, 7) is 7.11. The number of rotatable bonds is 5. The van der Waals surface area contributed by atoms with E-state index in [1.54, 1.807) is 7.11 Å². The number of hydrogen-bond acceptors (Lipinski definition) is 2. The maximum atomic E-state index is 5.47. The summed E-state index contributed by atoms with van der Waals surface area (Å²) in [5.74, 6) is 1.64. The Morgan fingerprint density at radius 1 is 1.22 bits per heavy atom. The molecule has 0 aromatic heterocycles.